The average molecular weight is 775 g/mol. The Morgan fingerprint density at radius 2 is 1.80 bits per heavy atom. The van der Waals surface area contributed by atoms with E-state index in [9.17, 15) is 9.36 Å². The van der Waals surface area contributed by atoms with E-state index in [1.807, 2.05) is 60.7 Å². The first-order chi connectivity index (χ1) is 24.6. The summed E-state index contributed by atoms with van der Waals surface area (Å²) in [6.45, 7) is 6.30. The number of carbonyl (C=O) groups is 1. The molecule has 0 aliphatic carbocycles. The number of nitrogens with zero attached hydrogens (tertiary/aromatic N) is 7. The van der Waals surface area contributed by atoms with E-state index in [1.165, 1.54) is 0 Å². The molecule has 5 aromatic rings. The fourth-order valence-corrected chi connectivity index (χ4v) is 8.67. The second-order valence-electron chi connectivity index (χ2n) is 13.2. The highest BCUT2D eigenvalue weighted by molar-refractivity contribution is 9.10. The molecule has 2 aliphatic rings. The van der Waals surface area contributed by atoms with Gasteiger partial charge in [0, 0.05) is 78.7 Å². The Labute approximate surface area is 305 Å². The molecule has 2 fully saturated rings. The van der Waals surface area contributed by atoms with Gasteiger partial charge in [0.1, 0.15) is 18.7 Å². The van der Waals surface area contributed by atoms with Gasteiger partial charge in [0.05, 0.1) is 47.5 Å². The highest BCUT2D eigenvalue weighted by Gasteiger charge is 2.31. The zero-order chi connectivity index (χ0) is 35.7. The normalized spacial score (nSPS) is 15.8. The summed E-state index contributed by atoms with van der Waals surface area (Å²) in [7, 11) is 0.816. The van der Waals surface area contributed by atoms with Gasteiger partial charge in [-0.3, -0.25) is 9.67 Å². The van der Waals surface area contributed by atoms with E-state index >= 15 is 0 Å². The number of para-hydroxylation sites is 1. The van der Waals surface area contributed by atoms with Crippen molar-refractivity contribution >= 4 is 74.2 Å². The van der Waals surface area contributed by atoms with Crippen LogP contribution in [0.5, 0.6) is 5.75 Å². The number of ether oxygens (including phenoxy) is 2. The summed E-state index contributed by atoms with van der Waals surface area (Å²) in [5.41, 5.74) is 5.01. The number of aryl methyl sites for hydroxylation is 1. The first-order valence-corrected chi connectivity index (χ1v) is 20.4. The van der Waals surface area contributed by atoms with Crippen LogP contribution in [-0.4, -0.2) is 88.4 Å². The topological polar surface area (TPSA) is 140 Å². The van der Waals surface area contributed by atoms with Crippen molar-refractivity contribution in [2.45, 2.75) is 31.7 Å². The number of hydrogen-bond donors (Lipinski definition) is 2. The Hall–Kier alpha value is -4.68. The predicted molar refractivity (Wildman–Crippen MR) is 205 cm³/mol. The van der Waals surface area contributed by atoms with Gasteiger partial charge in [0.2, 0.25) is 5.95 Å². The van der Waals surface area contributed by atoms with Crippen LogP contribution in [0.3, 0.4) is 0 Å². The van der Waals surface area contributed by atoms with E-state index in [1.54, 1.807) is 37.5 Å². The van der Waals surface area contributed by atoms with E-state index in [-0.39, 0.29) is 12.1 Å². The van der Waals surface area contributed by atoms with Crippen LogP contribution in [0.2, 0.25) is 0 Å². The zero-order valence-electron chi connectivity index (χ0n) is 29.1. The number of pyridine rings is 1. The number of benzene rings is 2. The Balaban J connectivity index is 1.19. The molecule has 2 aromatic carbocycles. The first kappa shape index (κ1) is 34.8. The second kappa shape index (κ2) is 14.5. The zero-order valence-corrected chi connectivity index (χ0v) is 31.6. The molecule has 2 N–H and O–H groups in total. The molecular formula is C36H41BrN9O4P. The maximum atomic E-state index is 13.5. The summed E-state index contributed by atoms with van der Waals surface area (Å²) in [6.07, 6.45) is 10.5. The van der Waals surface area contributed by atoms with Crippen molar-refractivity contribution in [3.05, 3.63) is 65.7 Å². The monoisotopic (exact) mass is 773 g/mol. The number of halogens is 1. The van der Waals surface area contributed by atoms with Crippen LogP contribution < -0.4 is 25.6 Å². The minimum absolute atomic E-state index is 0.150. The first-order valence-electron chi connectivity index (χ1n) is 17.0. The molecule has 3 aromatic heterocycles. The summed E-state index contributed by atoms with van der Waals surface area (Å²) >= 11 is 3.59. The lowest BCUT2D eigenvalue weighted by Crippen LogP contribution is -2.47. The molecule has 5 heterocycles. The number of cyclic esters (lactones) is 1. The molecule has 0 saturated carbocycles. The lowest BCUT2D eigenvalue weighted by Gasteiger charge is -2.39. The third kappa shape index (κ3) is 7.38. The quantitative estimate of drug-likeness (QED) is 0.148. The lowest BCUT2D eigenvalue weighted by molar-refractivity contribution is 0.0946. The highest BCUT2D eigenvalue weighted by atomic mass is 79.9. The van der Waals surface area contributed by atoms with Crippen molar-refractivity contribution < 1.29 is 18.8 Å². The summed E-state index contributed by atoms with van der Waals surface area (Å²) in [5.74, 6) is 1.44. The second-order valence-corrected chi connectivity index (χ2v) is 17.2. The van der Waals surface area contributed by atoms with Crippen LogP contribution >= 0.6 is 23.1 Å². The molecule has 1 amide bonds. The molecule has 0 unspecified atom stereocenters. The molecule has 2 saturated heterocycles. The van der Waals surface area contributed by atoms with Crippen molar-refractivity contribution in [3.8, 4) is 16.9 Å². The smallest absolute Gasteiger partial charge is 0.410 e. The van der Waals surface area contributed by atoms with Gasteiger partial charge < -0.3 is 34.5 Å². The van der Waals surface area contributed by atoms with Crippen molar-refractivity contribution in [2.24, 2.45) is 7.05 Å². The van der Waals surface area contributed by atoms with Gasteiger partial charge in [-0.05, 0) is 67.1 Å². The Morgan fingerprint density at radius 3 is 2.55 bits per heavy atom. The maximum Gasteiger partial charge on any atom is 0.410 e. The molecule has 51 heavy (non-hydrogen) atoms. The van der Waals surface area contributed by atoms with Crippen LogP contribution in [0.25, 0.3) is 22.0 Å². The average Bonchev–Trinajstić information content (AvgIpc) is 3.44. The predicted octanol–water partition coefficient (Wildman–Crippen LogP) is 7.13. The number of anilines is 5. The van der Waals surface area contributed by atoms with Gasteiger partial charge in [-0.2, -0.15) is 10.1 Å². The van der Waals surface area contributed by atoms with Crippen LogP contribution in [-0.2, 0) is 16.3 Å². The number of piperidine rings is 1. The van der Waals surface area contributed by atoms with Crippen molar-refractivity contribution in [1.29, 1.82) is 0 Å². The number of nitrogens with one attached hydrogen (secondary N) is 2. The fraction of sp³-hybridized carbons (Fsp3) is 0.361. The van der Waals surface area contributed by atoms with Gasteiger partial charge >= 0.3 is 6.09 Å². The molecular weight excluding hydrogens is 733 g/mol. The van der Waals surface area contributed by atoms with Crippen molar-refractivity contribution in [2.75, 3.05) is 62.2 Å². The fourth-order valence-electron chi connectivity index (χ4n) is 6.92. The molecule has 266 valence electrons. The summed E-state index contributed by atoms with van der Waals surface area (Å²) in [5, 5.41) is 12.7. The van der Waals surface area contributed by atoms with E-state index in [2.05, 4.69) is 46.5 Å². The van der Waals surface area contributed by atoms with Gasteiger partial charge in [0.25, 0.3) is 0 Å². The SMILES string of the molecule is COc1cc(N2CCC(N3CCCCOC3=O)CC2)c(-c2cnn(C)c2)cc1Nc1ncc(Br)c(Nc2cnc3ccccc3c2P(C)(C)=O)n1. The van der Waals surface area contributed by atoms with E-state index < -0.39 is 7.14 Å². The van der Waals surface area contributed by atoms with Crippen molar-refractivity contribution in [3.63, 3.8) is 0 Å². The van der Waals surface area contributed by atoms with Crippen LogP contribution in [0.4, 0.5) is 33.6 Å². The number of carbonyl (C=O) groups excluding carboxylic acids is 1. The van der Waals surface area contributed by atoms with Crippen LogP contribution in [0, 0.1) is 0 Å². The Bertz CT molecular complexity index is 2130. The van der Waals surface area contributed by atoms with E-state index in [4.69, 9.17) is 14.5 Å². The van der Waals surface area contributed by atoms with E-state index in [0.29, 0.717) is 45.3 Å². The number of methoxy groups -OCH3 is 1. The summed E-state index contributed by atoms with van der Waals surface area (Å²) in [6, 6.07) is 11.9. The van der Waals surface area contributed by atoms with Crippen molar-refractivity contribution in [1.82, 2.24) is 29.6 Å². The minimum atomic E-state index is -2.72. The number of rotatable bonds is 9. The van der Waals surface area contributed by atoms with Gasteiger partial charge in [-0.25, -0.2) is 9.78 Å². The summed E-state index contributed by atoms with van der Waals surface area (Å²) in [4.78, 5) is 30.9. The standard InChI is InChI=1S/C36H41BrN9O4P/c1-44-22-23(19-40-44)26-17-29(32(49-2)18-31(26)45-14-11-24(12-15-45)46-13-7-8-16-50-36(46)47)42-35-39-20-27(37)34(43-35)41-30-21-38-28-10-6-5-9-25(28)33(30)51(3,4)48/h5-6,9-10,17-22,24H,7-8,11-16H2,1-4H3,(H2,39,41,42,43). The van der Waals surface area contributed by atoms with Gasteiger partial charge in [-0.15, -0.1) is 0 Å². The molecule has 15 heteroatoms. The number of hydrogen-bond acceptors (Lipinski definition) is 11. The van der Waals surface area contributed by atoms with Crippen LogP contribution in [0.15, 0.2) is 65.7 Å². The Kier molecular flexibility index (Phi) is 9.89. The molecule has 0 atom stereocenters. The minimum Gasteiger partial charge on any atom is -0.494 e. The number of fused-ring (bicyclic) bond motifs is 1. The third-order valence-corrected chi connectivity index (χ3v) is 11.5. The highest BCUT2D eigenvalue weighted by Crippen LogP contribution is 2.43. The molecule has 0 radical (unpaired) electrons. The molecule has 0 spiro atoms. The number of aromatic nitrogens is 5. The van der Waals surface area contributed by atoms with Gasteiger partial charge in [-0.1, -0.05) is 18.2 Å². The molecule has 13 nitrogen and oxygen atoms in total. The number of amides is 1. The molecule has 0 bridgehead atoms. The Morgan fingerprint density at radius 1 is 1.00 bits per heavy atom. The maximum absolute atomic E-state index is 13.5. The largest absolute Gasteiger partial charge is 0.494 e. The lowest BCUT2D eigenvalue weighted by atomic mass is 9.99. The van der Waals surface area contributed by atoms with E-state index in [0.717, 1.165) is 73.0 Å². The van der Waals surface area contributed by atoms with Crippen LogP contribution in [0.1, 0.15) is 25.7 Å². The molecule has 7 rings (SSSR count). The van der Waals surface area contributed by atoms with Gasteiger partial charge in [0.15, 0.2) is 0 Å². The third-order valence-electron chi connectivity index (χ3n) is 9.36. The molecule has 2 aliphatic heterocycles. The summed E-state index contributed by atoms with van der Waals surface area (Å²) < 4.78 is 27.3.